The summed E-state index contributed by atoms with van der Waals surface area (Å²) in [5, 5.41) is 3.48. The van der Waals surface area contributed by atoms with Crippen molar-refractivity contribution < 1.29 is 4.74 Å². The summed E-state index contributed by atoms with van der Waals surface area (Å²) in [6, 6.07) is 10.4. The average Bonchev–Trinajstić information content (AvgIpc) is 2.45. The van der Waals surface area contributed by atoms with E-state index in [0.717, 1.165) is 22.3 Å². The molecule has 0 unspecified atom stereocenters. The fourth-order valence-corrected chi connectivity index (χ4v) is 2.26. The Hall–Kier alpha value is -1.39. The lowest BCUT2D eigenvalue weighted by Gasteiger charge is -2.15. The first-order valence-corrected chi connectivity index (χ1v) is 6.95. The zero-order chi connectivity index (χ0) is 13.7. The number of benzene rings is 1. The smallest absolute Gasteiger partial charge is 0.119 e. The van der Waals surface area contributed by atoms with E-state index < -0.39 is 0 Å². The Morgan fingerprint density at radius 2 is 2.16 bits per heavy atom. The lowest BCUT2D eigenvalue weighted by molar-refractivity contribution is 0.413. The van der Waals surface area contributed by atoms with E-state index in [2.05, 4.69) is 51.4 Å². The number of pyridine rings is 1. The minimum Gasteiger partial charge on any atom is -0.497 e. The van der Waals surface area contributed by atoms with Crippen LogP contribution in [0.15, 0.2) is 47.2 Å². The predicted molar refractivity (Wildman–Crippen MR) is 80.2 cm³/mol. The molecule has 0 fully saturated rings. The summed E-state index contributed by atoms with van der Waals surface area (Å²) in [5.41, 5.74) is 2.37. The van der Waals surface area contributed by atoms with Gasteiger partial charge >= 0.3 is 0 Å². The lowest BCUT2D eigenvalue weighted by atomic mass is 10.1. The van der Waals surface area contributed by atoms with E-state index in [9.17, 15) is 0 Å². The average molecular weight is 321 g/mol. The zero-order valence-corrected chi connectivity index (χ0v) is 12.6. The summed E-state index contributed by atoms with van der Waals surface area (Å²) >= 11 is 3.43. The Bertz CT molecular complexity index is 545. The Morgan fingerprint density at radius 1 is 1.32 bits per heavy atom. The maximum atomic E-state index is 5.24. The quantitative estimate of drug-likeness (QED) is 0.912. The van der Waals surface area contributed by atoms with Crippen molar-refractivity contribution in [3.63, 3.8) is 0 Å². The Balaban J connectivity index is 1.99. The molecule has 0 amide bonds. The summed E-state index contributed by atoms with van der Waals surface area (Å²) in [7, 11) is 1.68. The molecule has 3 nitrogen and oxygen atoms in total. The number of hydrogen-bond acceptors (Lipinski definition) is 3. The largest absolute Gasteiger partial charge is 0.497 e. The molecule has 2 rings (SSSR count). The molecule has 100 valence electrons. The van der Waals surface area contributed by atoms with Gasteiger partial charge in [-0.1, -0.05) is 12.1 Å². The van der Waals surface area contributed by atoms with Crippen LogP contribution in [0.1, 0.15) is 24.1 Å². The van der Waals surface area contributed by atoms with Gasteiger partial charge in [-0.3, -0.25) is 4.98 Å². The van der Waals surface area contributed by atoms with Crippen molar-refractivity contribution in [1.29, 1.82) is 0 Å². The molecular formula is C15H17BrN2O. The van der Waals surface area contributed by atoms with E-state index in [1.54, 1.807) is 13.3 Å². The maximum absolute atomic E-state index is 5.24. The van der Waals surface area contributed by atoms with Gasteiger partial charge in [0.25, 0.3) is 0 Å². The third-order valence-corrected chi connectivity index (χ3v) is 3.40. The van der Waals surface area contributed by atoms with Gasteiger partial charge in [0.05, 0.1) is 7.11 Å². The minimum absolute atomic E-state index is 0.258. The molecule has 0 aliphatic rings. The third kappa shape index (κ3) is 4.04. The van der Waals surface area contributed by atoms with Crippen molar-refractivity contribution in [2.75, 3.05) is 7.11 Å². The number of ether oxygens (including phenoxy) is 1. The molecular weight excluding hydrogens is 304 g/mol. The third-order valence-electron chi connectivity index (χ3n) is 2.97. The van der Waals surface area contributed by atoms with Crippen LogP contribution in [0.5, 0.6) is 5.75 Å². The summed E-state index contributed by atoms with van der Waals surface area (Å²) in [4.78, 5) is 4.16. The van der Waals surface area contributed by atoms with Crippen LogP contribution < -0.4 is 10.1 Å². The molecule has 1 N–H and O–H groups in total. The van der Waals surface area contributed by atoms with Crippen molar-refractivity contribution in [3.05, 3.63) is 58.3 Å². The van der Waals surface area contributed by atoms with Gasteiger partial charge in [-0.05, 0) is 52.2 Å². The van der Waals surface area contributed by atoms with Gasteiger partial charge in [0, 0.05) is 29.5 Å². The summed E-state index contributed by atoms with van der Waals surface area (Å²) in [6.07, 6.45) is 3.66. The van der Waals surface area contributed by atoms with Crippen LogP contribution in [-0.4, -0.2) is 12.1 Å². The van der Waals surface area contributed by atoms with Crippen molar-refractivity contribution in [1.82, 2.24) is 10.3 Å². The summed E-state index contributed by atoms with van der Waals surface area (Å²) in [6.45, 7) is 2.92. The fourth-order valence-electron chi connectivity index (χ4n) is 1.85. The second kappa shape index (κ2) is 6.68. The summed E-state index contributed by atoms with van der Waals surface area (Å²) in [5.74, 6) is 0.885. The van der Waals surface area contributed by atoms with E-state index in [1.807, 2.05) is 18.3 Å². The SMILES string of the molecule is COc1cccc([C@@H](C)NCc2cncc(Br)c2)c1. The van der Waals surface area contributed by atoms with Gasteiger partial charge in [0.15, 0.2) is 0 Å². The normalized spacial score (nSPS) is 12.2. The molecule has 0 saturated carbocycles. The summed E-state index contributed by atoms with van der Waals surface area (Å²) < 4.78 is 6.24. The van der Waals surface area contributed by atoms with Gasteiger partial charge in [0.1, 0.15) is 5.75 Å². The molecule has 0 aliphatic carbocycles. The number of aromatic nitrogens is 1. The highest BCUT2D eigenvalue weighted by molar-refractivity contribution is 9.10. The molecule has 1 heterocycles. The molecule has 0 radical (unpaired) electrons. The molecule has 0 spiro atoms. The van der Waals surface area contributed by atoms with Crippen LogP contribution >= 0.6 is 15.9 Å². The molecule has 0 aliphatic heterocycles. The Morgan fingerprint density at radius 3 is 2.89 bits per heavy atom. The second-order valence-electron chi connectivity index (χ2n) is 4.39. The zero-order valence-electron chi connectivity index (χ0n) is 11.1. The first-order valence-electron chi connectivity index (χ1n) is 6.16. The molecule has 19 heavy (non-hydrogen) atoms. The van der Waals surface area contributed by atoms with Crippen LogP contribution in [0.2, 0.25) is 0 Å². The van der Waals surface area contributed by atoms with Crippen molar-refractivity contribution >= 4 is 15.9 Å². The van der Waals surface area contributed by atoms with E-state index >= 15 is 0 Å². The molecule has 0 bridgehead atoms. The highest BCUT2D eigenvalue weighted by Crippen LogP contribution is 2.19. The number of methoxy groups -OCH3 is 1. The van der Waals surface area contributed by atoms with Crippen molar-refractivity contribution in [2.24, 2.45) is 0 Å². The molecule has 2 aromatic rings. The Kier molecular flexibility index (Phi) is 4.93. The number of nitrogens with zero attached hydrogens (tertiary/aromatic N) is 1. The van der Waals surface area contributed by atoms with Gasteiger partial charge in [-0.25, -0.2) is 0 Å². The van der Waals surface area contributed by atoms with Crippen LogP contribution in [0.25, 0.3) is 0 Å². The number of halogens is 1. The van der Waals surface area contributed by atoms with Crippen molar-refractivity contribution in [2.45, 2.75) is 19.5 Å². The van der Waals surface area contributed by atoms with E-state index in [4.69, 9.17) is 4.74 Å². The highest BCUT2D eigenvalue weighted by Gasteiger charge is 2.06. The standard InChI is InChI=1S/C15H17BrN2O/c1-11(13-4-3-5-15(7-13)19-2)18-9-12-6-14(16)10-17-8-12/h3-8,10-11,18H,9H2,1-2H3/t11-/m1/s1. The monoisotopic (exact) mass is 320 g/mol. The molecule has 1 aromatic carbocycles. The van der Waals surface area contributed by atoms with E-state index in [0.29, 0.717) is 0 Å². The van der Waals surface area contributed by atoms with Gasteiger partial charge in [0.2, 0.25) is 0 Å². The van der Waals surface area contributed by atoms with E-state index in [1.165, 1.54) is 5.56 Å². The van der Waals surface area contributed by atoms with Crippen molar-refractivity contribution in [3.8, 4) is 5.75 Å². The van der Waals surface area contributed by atoms with Crippen LogP contribution in [0.3, 0.4) is 0 Å². The maximum Gasteiger partial charge on any atom is 0.119 e. The first-order chi connectivity index (χ1) is 9.19. The fraction of sp³-hybridized carbons (Fsp3) is 0.267. The van der Waals surface area contributed by atoms with Crippen LogP contribution in [0, 0.1) is 0 Å². The molecule has 4 heteroatoms. The molecule has 1 aromatic heterocycles. The van der Waals surface area contributed by atoms with Gasteiger partial charge < -0.3 is 10.1 Å². The first kappa shape index (κ1) is 14.0. The minimum atomic E-state index is 0.258. The highest BCUT2D eigenvalue weighted by atomic mass is 79.9. The lowest BCUT2D eigenvalue weighted by Crippen LogP contribution is -2.18. The molecule has 0 saturated heterocycles. The topological polar surface area (TPSA) is 34.1 Å². The molecule has 1 atom stereocenters. The van der Waals surface area contributed by atoms with Crippen LogP contribution in [0.4, 0.5) is 0 Å². The van der Waals surface area contributed by atoms with Gasteiger partial charge in [-0.2, -0.15) is 0 Å². The number of hydrogen-bond donors (Lipinski definition) is 1. The number of rotatable bonds is 5. The second-order valence-corrected chi connectivity index (χ2v) is 5.31. The van der Waals surface area contributed by atoms with Crippen LogP contribution in [-0.2, 0) is 6.54 Å². The van der Waals surface area contributed by atoms with Gasteiger partial charge in [-0.15, -0.1) is 0 Å². The number of nitrogens with one attached hydrogen (secondary N) is 1. The van der Waals surface area contributed by atoms with E-state index in [-0.39, 0.29) is 6.04 Å². The Labute approximate surface area is 122 Å². The predicted octanol–water partition coefficient (Wildman–Crippen LogP) is 3.70.